The van der Waals surface area contributed by atoms with Gasteiger partial charge < -0.3 is 10.1 Å². The summed E-state index contributed by atoms with van der Waals surface area (Å²) in [4.78, 5) is 3.38. The normalized spacial score (nSPS) is 12.5. The third-order valence-electron chi connectivity index (χ3n) is 3.65. The first-order chi connectivity index (χ1) is 11.9. The lowest BCUT2D eigenvalue weighted by Gasteiger charge is -2.22. The Morgan fingerprint density at radius 1 is 1.28 bits per heavy atom. The lowest BCUT2D eigenvalue weighted by Crippen LogP contribution is -2.15. The predicted molar refractivity (Wildman–Crippen MR) is 93.0 cm³/mol. The molecule has 1 aromatic heterocycles. The van der Waals surface area contributed by atoms with Crippen LogP contribution in [0, 0.1) is 0 Å². The first-order valence-corrected chi connectivity index (χ1v) is 7.97. The molecule has 1 atom stereocenters. The Hall–Kier alpha value is -2.21. The van der Waals surface area contributed by atoms with Crippen LogP contribution in [0.15, 0.2) is 49.2 Å². The van der Waals surface area contributed by atoms with Crippen LogP contribution in [0.25, 0.3) is 0 Å². The van der Waals surface area contributed by atoms with Crippen molar-refractivity contribution in [3.05, 3.63) is 65.5 Å². The number of hydrogen-bond acceptors (Lipinski definition) is 3. The van der Waals surface area contributed by atoms with Crippen LogP contribution < -0.4 is 10.1 Å². The van der Waals surface area contributed by atoms with E-state index in [0.29, 0.717) is 24.2 Å². The van der Waals surface area contributed by atoms with Crippen LogP contribution in [0.5, 0.6) is 5.75 Å². The topological polar surface area (TPSA) is 34.1 Å². The molecule has 1 unspecified atom stereocenters. The van der Waals surface area contributed by atoms with Crippen molar-refractivity contribution in [2.24, 2.45) is 0 Å². The largest absolute Gasteiger partial charge is 0.497 e. The third kappa shape index (κ3) is 4.89. The summed E-state index contributed by atoms with van der Waals surface area (Å²) in [7, 11) is 1.56. The van der Waals surface area contributed by atoms with E-state index in [9.17, 15) is 13.2 Å². The molecule has 0 spiro atoms. The number of hydrogen-bond donors (Lipinski definition) is 1. The summed E-state index contributed by atoms with van der Waals surface area (Å²) < 4.78 is 44.3. The number of rotatable bonds is 7. The first kappa shape index (κ1) is 19.1. The van der Waals surface area contributed by atoms with Gasteiger partial charge in [0.2, 0.25) is 0 Å². The van der Waals surface area contributed by atoms with Crippen LogP contribution in [0.4, 0.5) is 18.9 Å². The molecule has 1 N–H and O–H groups in total. The maximum absolute atomic E-state index is 13.1. The van der Waals surface area contributed by atoms with Gasteiger partial charge in [0.15, 0.2) is 5.69 Å². The summed E-state index contributed by atoms with van der Waals surface area (Å²) in [6.07, 6.45) is -0.607. The van der Waals surface area contributed by atoms with Crippen molar-refractivity contribution in [2.75, 3.05) is 12.4 Å². The number of halogens is 4. The lowest BCUT2D eigenvalue weighted by molar-refractivity contribution is -0.141. The monoisotopic (exact) mass is 370 g/mol. The smallest absolute Gasteiger partial charge is 0.434 e. The molecule has 0 bridgehead atoms. The van der Waals surface area contributed by atoms with Crippen molar-refractivity contribution >= 4 is 17.3 Å². The highest BCUT2D eigenvalue weighted by atomic mass is 35.5. The predicted octanol–water partition coefficient (Wildman–Crippen LogP) is 5.88. The van der Waals surface area contributed by atoms with Gasteiger partial charge in [0.25, 0.3) is 0 Å². The van der Waals surface area contributed by atoms with Gasteiger partial charge >= 0.3 is 6.18 Å². The van der Waals surface area contributed by atoms with E-state index >= 15 is 0 Å². The molecule has 134 valence electrons. The van der Waals surface area contributed by atoms with E-state index in [4.69, 9.17) is 16.3 Å². The zero-order valence-electron chi connectivity index (χ0n) is 13.6. The number of anilines is 1. The van der Waals surface area contributed by atoms with E-state index in [1.807, 2.05) is 0 Å². The number of methoxy groups -OCH3 is 1. The van der Waals surface area contributed by atoms with Gasteiger partial charge in [-0.3, -0.25) is 4.98 Å². The van der Waals surface area contributed by atoms with Gasteiger partial charge in [-0.2, -0.15) is 13.2 Å². The number of benzene rings is 1. The molecule has 3 nitrogen and oxygen atoms in total. The van der Waals surface area contributed by atoms with Crippen molar-refractivity contribution in [1.29, 1.82) is 0 Å². The van der Waals surface area contributed by atoms with E-state index in [2.05, 4.69) is 16.9 Å². The number of allylic oxidation sites excluding steroid dienone is 1. The zero-order chi connectivity index (χ0) is 18.4. The van der Waals surface area contributed by atoms with Gasteiger partial charge in [0, 0.05) is 11.9 Å². The van der Waals surface area contributed by atoms with Gasteiger partial charge in [-0.15, -0.1) is 6.58 Å². The molecule has 0 aliphatic carbocycles. The standard InChI is InChI=1S/C18H18ClF3N2O/c1-3-4-5-15(24-12-6-8-13(25-2)9-7-12)14-10-11-23-17(16(14)19)18(20,21)22/h3,6-11,15,24H,1,4-5H2,2H3. The number of aromatic nitrogens is 1. The van der Waals surface area contributed by atoms with Crippen molar-refractivity contribution in [1.82, 2.24) is 4.98 Å². The minimum Gasteiger partial charge on any atom is -0.497 e. The van der Waals surface area contributed by atoms with Crippen LogP contribution in [0.3, 0.4) is 0 Å². The second-order valence-electron chi connectivity index (χ2n) is 5.35. The van der Waals surface area contributed by atoms with E-state index in [0.717, 1.165) is 11.9 Å². The van der Waals surface area contributed by atoms with Crippen molar-refractivity contribution in [3.63, 3.8) is 0 Å². The molecule has 0 aliphatic rings. The Balaban J connectivity index is 2.35. The van der Waals surface area contributed by atoms with Crippen molar-refractivity contribution in [3.8, 4) is 5.75 Å². The zero-order valence-corrected chi connectivity index (χ0v) is 14.4. The van der Waals surface area contributed by atoms with Crippen LogP contribution in [0.1, 0.15) is 30.1 Å². The van der Waals surface area contributed by atoms with E-state index < -0.39 is 17.9 Å². The summed E-state index contributed by atoms with van der Waals surface area (Å²) in [5.41, 5.74) is 0.0183. The quantitative estimate of drug-likeness (QED) is 0.618. The molecular weight excluding hydrogens is 353 g/mol. The molecule has 0 fully saturated rings. The number of pyridine rings is 1. The first-order valence-electron chi connectivity index (χ1n) is 7.60. The molecule has 1 heterocycles. The number of ether oxygens (including phenoxy) is 1. The van der Waals surface area contributed by atoms with Crippen molar-refractivity contribution in [2.45, 2.75) is 25.1 Å². The Morgan fingerprint density at radius 2 is 1.96 bits per heavy atom. The molecule has 7 heteroatoms. The fraction of sp³-hybridized carbons (Fsp3) is 0.278. The number of alkyl halides is 3. The summed E-state index contributed by atoms with van der Waals surface area (Å²) in [6, 6.07) is 8.20. The molecule has 1 aromatic carbocycles. The molecule has 0 radical (unpaired) electrons. The van der Waals surface area contributed by atoms with Gasteiger partial charge in [-0.1, -0.05) is 17.7 Å². The second-order valence-corrected chi connectivity index (χ2v) is 5.73. The highest BCUT2D eigenvalue weighted by molar-refractivity contribution is 6.32. The van der Waals surface area contributed by atoms with Crippen LogP contribution in [-0.2, 0) is 6.18 Å². The molecule has 0 amide bonds. The summed E-state index contributed by atoms with van der Waals surface area (Å²) >= 11 is 6.01. The third-order valence-corrected chi connectivity index (χ3v) is 4.05. The Labute approximate surface area is 149 Å². The minimum absolute atomic E-state index is 0.349. The number of nitrogens with zero attached hydrogens (tertiary/aromatic N) is 1. The summed E-state index contributed by atoms with van der Waals surface area (Å²) in [6.45, 7) is 3.67. The van der Waals surface area contributed by atoms with Crippen LogP contribution in [-0.4, -0.2) is 12.1 Å². The Bertz CT molecular complexity index is 717. The Morgan fingerprint density at radius 3 is 2.52 bits per heavy atom. The molecule has 2 rings (SSSR count). The second kappa shape index (κ2) is 8.25. The van der Waals surface area contributed by atoms with Gasteiger partial charge in [-0.25, -0.2) is 0 Å². The van der Waals surface area contributed by atoms with E-state index in [1.165, 1.54) is 6.07 Å². The molecular formula is C18H18ClF3N2O. The average Bonchev–Trinajstić information content (AvgIpc) is 2.58. The van der Waals surface area contributed by atoms with E-state index in [-0.39, 0.29) is 5.02 Å². The lowest BCUT2D eigenvalue weighted by atomic mass is 10.0. The number of nitrogens with one attached hydrogen (secondary N) is 1. The summed E-state index contributed by atoms with van der Waals surface area (Å²) in [5.74, 6) is 0.689. The molecule has 0 aliphatic heterocycles. The fourth-order valence-electron chi connectivity index (χ4n) is 2.40. The SMILES string of the molecule is C=CCCC(Nc1ccc(OC)cc1)c1ccnc(C(F)(F)F)c1Cl. The fourth-order valence-corrected chi connectivity index (χ4v) is 2.75. The highest BCUT2D eigenvalue weighted by Crippen LogP contribution is 2.38. The van der Waals surface area contributed by atoms with Crippen LogP contribution in [0.2, 0.25) is 5.02 Å². The van der Waals surface area contributed by atoms with Crippen molar-refractivity contribution < 1.29 is 17.9 Å². The van der Waals surface area contributed by atoms with Gasteiger partial charge in [0.1, 0.15) is 5.75 Å². The molecule has 0 saturated heterocycles. The van der Waals surface area contributed by atoms with E-state index in [1.54, 1.807) is 37.5 Å². The van der Waals surface area contributed by atoms with Gasteiger partial charge in [-0.05, 0) is 48.7 Å². The highest BCUT2D eigenvalue weighted by Gasteiger charge is 2.36. The van der Waals surface area contributed by atoms with Crippen LogP contribution >= 0.6 is 11.6 Å². The van der Waals surface area contributed by atoms with Gasteiger partial charge in [0.05, 0.1) is 18.2 Å². The minimum atomic E-state index is -4.60. The maximum Gasteiger partial charge on any atom is 0.434 e. The average molecular weight is 371 g/mol. The molecule has 0 saturated carbocycles. The molecule has 25 heavy (non-hydrogen) atoms. The molecule has 2 aromatic rings. The summed E-state index contributed by atoms with van der Waals surface area (Å²) in [5, 5.41) is 2.83. The Kier molecular flexibility index (Phi) is 6.31. The maximum atomic E-state index is 13.1.